The maximum absolute atomic E-state index is 13.2. The van der Waals surface area contributed by atoms with E-state index >= 15 is 0 Å². The van der Waals surface area contributed by atoms with Crippen LogP contribution >= 0.6 is 0 Å². The summed E-state index contributed by atoms with van der Waals surface area (Å²) in [5.41, 5.74) is 2.35. The number of methoxy groups -OCH3 is 1. The molecular weight excluding hydrogens is 419 g/mol. The van der Waals surface area contributed by atoms with E-state index in [9.17, 15) is 17.6 Å². The van der Waals surface area contributed by atoms with Gasteiger partial charge in [-0.15, -0.1) is 0 Å². The van der Waals surface area contributed by atoms with Crippen LogP contribution in [0.4, 0.5) is 15.8 Å². The Morgan fingerprint density at radius 2 is 1.81 bits per heavy atom. The molecule has 6 nitrogen and oxygen atoms in total. The van der Waals surface area contributed by atoms with Crippen LogP contribution in [0.1, 0.15) is 22.3 Å². The minimum atomic E-state index is -3.82. The number of sulfonamides is 1. The fourth-order valence-electron chi connectivity index (χ4n) is 3.65. The van der Waals surface area contributed by atoms with Crippen molar-refractivity contribution in [3.8, 4) is 5.75 Å². The van der Waals surface area contributed by atoms with E-state index in [1.165, 1.54) is 23.5 Å². The maximum atomic E-state index is 13.2. The molecule has 0 fully saturated rings. The summed E-state index contributed by atoms with van der Waals surface area (Å²) in [5.74, 6) is -0.341. The van der Waals surface area contributed by atoms with Gasteiger partial charge in [0, 0.05) is 12.2 Å². The lowest BCUT2D eigenvalue weighted by molar-refractivity contribution is 0.102. The van der Waals surface area contributed by atoms with Crippen molar-refractivity contribution in [2.24, 2.45) is 0 Å². The molecule has 0 saturated carbocycles. The standard InChI is InChI=1S/C23H21FN2O4S/c1-30-22-7-3-2-6-20(22)23(27)25-18-10-13-21-16(15-18)5-4-14-26(21)31(28,29)19-11-8-17(24)9-12-19/h2-3,6-13,15H,4-5,14H2,1H3,(H,25,27). The van der Waals surface area contributed by atoms with Gasteiger partial charge in [-0.2, -0.15) is 0 Å². The van der Waals surface area contributed by atoms with E-state index in [0.717, 1.165) is 17.7 Å². The topological polar surface area (TPSA) is 75.7 Å². The lowest BCUT2D eigenvalue weighted by Crippen LogP contribution is -2.35. The quantitative estimate of drug-likeness (QED) is 0.644. The fourth-order valence-corrected chi connectivity index (χ4v) is 5.20. The molecule has 3 aromatic carbocycles. The molecule has 0 aromatic heterocycles. The second kappa shape index (κ2) is 8.39. The minimum absolute atomic E-state index is 0.0373. The van der Waals surface area contributed by atoms with E-state index in [0.29, 0.717) is 42.1 Å². The first-order chi connectivity index (χ1) is 14.9. The average Bonchev–Trinajstić information content (AvgIpc) is 2.78. The molecule has 160 valence electrons. The van der Waals surface area contributed by atoms with Crippen LogP contribution in [-0.4, -0.2) is 28.0 Å². The molecule has 0 saturated heterocycles. The molecule has 1 amide bonds. The van der Waals surface area contributed by atoms with Crippen molar-refractivity contribution in [3.05, 3.63) is 83.7 Å². The molecule has 0 bridgehead atoms. The van der Waals surface area contributed by atoms with Gasteiger partial charge in [0.25, 0.3) is 15.9 Å². The number of rotatable bonds is 5. The zero-order valence-corrected chi connectivity index (χ0v) is 17.7. The number of hydrogen-bond donors (Lipinski definition) is 1. The highest BCUT2D eigenvalue weighted by Gasteiger charge is 2.29. The van der Waals surface area contributed by atoms with E-state index in [4.69, 9.17) is 4.74 Å². The van der Waals surface area contributed by atoms with Crippen LogP contribution in [0.25, 0.3) is 0 Å². The molecule has 0 radical (unpaired) electrons. The van der Waals surface area contributed by atoms with Crippen molar-refractivity contribution in [3.63, 3.8) is 0 Å². The van der Waals surface area contributed by atoms with Gasteiger partial charge in [-0.05, 0) is 73.0 Å². The molecule has 1 heterocycles. The third-order valence-electron chi connectivity index (χ3n) is 5.17. The van der Waals surface area contributed by atoms with E-state index < -0.39 is 15.8 Å². The summed E-state index contributed by atoms with van der Waals surface area (Å²) in [4.78, 5) is 12.7. The number of nitrogens with zero attached hydrogens (tertiary/aromatic N) is 1. The Morgan fingerprint density at radius 1 is 1.06 bits per heavy atom. The van der Waals surface area contributed by atoms with Gasteiger partial charge in [0.15, 0.2) is 0 Å². The summed E-state index contributed by atoms with van der Waals surface area (Å²) >= 11 is 0. The van der Waals surface area contributed by atoms with Crippen LogP contribution in [0, 0.1) is 5.82 Å². The summed E-state index contributed by atoms with van der Waals surface area (Å²) < 4.78 is 46.0. The van der Waals surface area contributed by atoms with Gasteiger partial charge < -0.3 is 10.1 Å². The largest absolute Gasteiger partial charge is 0.496 e. The van der Waals surface area contributed by atoms with Crippen LogP contribution < -0.4 is 14.4 Å². The highest BCUT2D eigenvalue weighted by molar-refractivity contribution is 7.92. The summed E-state index contributed by atoms with van der Waals surface area (Å²) in [7, 11) is -2.32. The van der Waals surface area contributed by atoms with E-state index in [-0.39, 0.29) is 10.8 Å². The highest BCUT2D eigenvalue weighted by Crippen LogP contribution is 2.34. The van der Waals surface area contributed by atoms with Gasteiger partial charge in [-0.25, -0.2) is 12.8 Å². The Kier molecular flexibility index (Phi) is 5.65. The summed E-state index contributed by atoms with van der Waals surface area (Å²) in [6.45, 7) is 0.333. The molecule has 0 aliphatic carbocycles. The van der Waals surface area contributed by atoms with Crippen molar-refractivity contribution >= 4 is 27.3 Å². The average molecular weight is 440 g/mol. The molecule has 0 atom stereocenters. The van der Waals surface area contributed by atoms with Gasteiger partial charge in [0.1, 0.15) is 11.6 Å². The van der Waals surface area contributed by atoms with Gasteiger partial charge in [-0.3, -0.25) is 9.10 Å². The van der Waals surface area contributed by atoms with E-state index in [2.05, 4.69) is 5.32 Å². The van der Waals surface area contributed by atoms with Crippen LogP contribution in [0.15, 0.2) is 71.6 Å². The van der Waals surface area contributed by atoms with Crippen molar-refractivity contribution in [1.82, 2.24) is 0 Å². The second-order valence-electron chi connectivity index (χ2n) is 7.13. The number of aryl methyl sites for hydroxylation is 1. The van der Waals surface area contributed by atoms with Crippen molar-refractivity contribution < 1.29 is 22.3 Å². The Labute approximate surface area is 180 Å². The van der Waals surface area contributed by atoms with Gasteiger partial charge >= 0.3 is 0 Å². The zero-order valence-electron chi connectivity index (χ0n) is 16.8. The number of amides is 1. The lowest BCUT2D eigenvalue weighted by Gasteiger charge is -2.31. The van der Waals surface area contributed by atoms with Crippen LogP contribution in [0.3, 0.4) is 0 Å². The third-order valence-corrected chi connectivity index (χ3v) is 6.99. The van der Waals surface area contributed by atoms with Crippen LogP contribution in [0.5, 0.6) is 5.75 Å². The molecule has 8 heteroatoms. The lowest BCUT2D eigenvalue weighted by atomic mass is 10.0. The Balaban J connectivity index is 1.61. The normalized spacial score (nSPS) is 13.4. The van der Waals surface area contributed by atoms with Crippen molar-refractivity contribution in [2.45, 2.75) is 17.7 Å². The smallest absolute Gasteiger partial charge is 0.264 e. The van der Waals surface area contributed by atoms with Gasteiger partial charge in [-0.1, -0.05) is 12.1 Å². The second-order valence-corrected chi connectivity index (χ2v) is 8.99. The first-order valence-corrected chi connectivity index (χ1v) is 11.2. The monoisotopic (exact) mass is 440 g/mol. The van der Waals surface area contributed by atoms with Crippen molar-refractivity contribution in [1.29, 1.82) is 0 Å². The number of carbonyl (C=O) groups is 1. The van der Waals surface area contributed by atoms with E-state index in [1.807, 2.05) is 0 Å². The van der Waals surface area contributed by atoms with Gasteiger partial charge in [0.2, 0.25) is 0 Å². The molecule has 1 aliphatic rings. The summed E-state index contributed by atoms with van der Waals surface area (Å²) in [5, 5.41) is 2.85. The Bertz CT molecular complexity index is 1230. The number of halogens is 1. The first kappa shape index (κ1) is 20.9. The number of nitrogens with one attached hydrogen (secondary N) is 1. The predicted molar refractivity (Wildman–Crippen MR) is 117 cm³/mol. The number of carbonyl (C=O) groups excluding carboxylic acids is 1. The fraction of sp³-hybridized carbons (Fsp3) is 0.174. The maximum Gasteiger partial charge on any atom is 0.264 e. The first-order valence-electron chi connectivity index (χ1n) is 9.76. The SMILES string of the molecule is COc1ccccc1C(=O)Nc1ccc2c(c1)CCCN2S(=O)(=O)c1ccc(F)cc1. The molecule has 1 aliphatic heterocycles. The molecule has 4 rings (SSSR count). The number of ether oxygens (including phenoxy) is 1. The number of fused-ring (bicyclic) bond motifs is 1. The third kappa shape index (κ3) is 4.11. The zero-order chi connectivity index (χ0) is 22.0. The molecule has 0 unspecified atom stereocenters. The molecule has 0 spiro atoms. The number of anilines is 2. The number of hydrogen-bond acceptors (Lipinski definition) is 4. The molecule has 31 heavy (non-hydrogen) atoms. The van der Waals surface area contributed by atoms with Crippen molar-refractivity contribution in [2.75, 3.05) is 23.3 Å². The Hall–Kier alpha value is -3.39. The Morgan fingerprint density at radius 3 is 2.55 bits per heavy atom. The van der Waals surface area contributed by atoms with Crippen LogP contribution in [0.2, 0.25) is 0 Å². The number of benzene rings is 3. The van der Waals surface area contributed by atoms with E-state index in [1.54, 1.807) is 42.5 Å². The molecular formula is C23H21FN2O4S. The minimum Gasteiger partial charge on any atom is -0.496 e. The highest BCUT2D eigenvalue weighted by atomic mass is 32.2. The predicted octanol–water partition coefficient (Wildman–Crippen LogP) is 4.23. The van der Waals surface area contributed by atoms with Gasteiger partial charge in [0.05, 0.1) is 23.3 Å². The number of para-hydroxylation sites is 1. The molecule has 3 aromatic rings. The van der Waals surface area contributed by atoms with Crippen LogP contribution in [-0.2, 0) is 16.4 Å². The summed E-state index contributed by atoms with van der Waals surface area (Å²) in [6, 6.07) is 16.9. The summed E-state index contributed by atoms with van der Waals surface area (Å²) in [6.07, 6.45) is 1.32. The molecule has 1 N–H and O–H groups in total.